The molecule has 2 heterocycles. The summed E-state index contributed by atoms with van der Waals surface area (Å²) in [4.78, 5) is 25.7. The van der Waals surface area contributed by atoms with Gasteiger partial charge in [-0.2, -0.15) is 17.5 Å². The molecule has 0 aliphatic carbocycles. The molecule has 10 nitrogen and oxygen atoms in total. The number of hydrogen-bond acceptors (Lipinski definition) is 7. The van der Waals surface area contributed by atoms with Crippen LogP contribution in [-0.4, -0.2) is 58.1 Å². The molecule has 0 unspecified atom stereocenters. The summed E-state index contributed by atoms with van der Waals surface area (Å²) in [5, 5.41) is 14.0. The summed E-state index contributed by atoms with van der Waals surface area (Å²) in [6.45, 7) is 0.835. The van der Waals surface area contributed by atoms with Crippen LogP contribution in [0.15, 0.2) is 82.8 Å². The zero-order valence-corrected chi connectivity index (χ0v) is 25.8. The van der Waals surface area contributed by atoms with Gasteiger partial charge in [0.05, 0.1) is 34.1 Å². The lowest BCUT2D eigenvalue weighted by molar-refractivity contribution is -0.137. The minimum Gasteiger partial charge on any atom is -0.345 e. The van der Waals surface area contributed by atoms with Crippen molar-refractivity contribution >= 4 is 50.9 Å². The number of hydrogen-bond donors (Lipinski definition) is 2. The summed E-state index contributed by atoms with van der Waals surface area (Å²) < 4.78 is 68.6. The molecule has 1 saturated heterocycles. The molecule has 0 atom stereocenters. The smallest absolute Gasteiger partial charge is 0.345 e. The molecule has 3 aromatic carbocycles. The standard InChI is InChI=1S/C29H26ClF3N6O4S2/c30-20-6-5-7-21(16-20)39-25(17-34-27(41)19-10-12-22(13-11-19)45(42,43)38-14-3-4-15-38)36-37-28(39)44-18-26(40)35-24-9-2-1-8-23(24)29(31,32)33/h1-2,5-13,16H,3-4,14-15,17-18H2,(H,34,41)(H,35,40). The Morgan fingerprint density at radius 3 is 2.36 bits per heavy atom. The zero-order valence-electron chi connectivity index (χ0n) is 23.4. The maximum Gasteiger partial charge on any atom is 0.418 e. The monoisotopic (exact) mass is 678 g/mol. The molecule has 1 aliphatic rings. The van der Waals surface area contributed by atoms with E-state index in [0.717, 1.165) is 30.7 Å². The predicted octanol–water partition coefficient (Wildman–Crippen LogP) is 5.38. The molecule has 2 amide bonds. The van der Waals surface area contributed by atoms with E-state index in [1.165, 1.54) is 46.8 Å². The number of aromatic nitrogens is 3. The van der Waals surface area contributed by atoms with Crippen LogP contribution in [-0.2, 0) is 27.5 Å². The third-order valence-corrected chi connectivity index (χ3v) is 9.91. The lowest BCUT2D eigenvalue weighted by Gasteiger charge is -2.15. The summed E-state index contributed by atoms with van der Waals surface area (Å²) in [7, 11) is -3.62. The Balaban J connectivity index is 1.29. The molecule has 1 aliphatic heterocycles. The summed E-state index contributed by atoms with van der Waals surface area (Å²) in [6.07, 6.45) is -3.02. The van der Waals surface area contributed by atoms with Crippen LogP contribution in [0.2, 0.25) is 5.02 Å². The third kappa shape index (κ3) is 7.66. The number of carbonyl (C=O) groups is 2. The molecule has 2 N–H and O–H groups in total. The van der Waals surface area contributed by atoms with E-state index in [0.29, 0.717) is 23.8 Å². The summed E-state index contributed by atoms with van der Waals surface area (Å²) >= 11 is 7.13. The van der Waals surface area contributed by atoms with Crippen LogP contribution in [0.4, 0.5) is 18.9 Å². The highest BCUT2D eigenvalue weighted by atomic mass is 35.5. The maximum atomic E-state index is 13.3. The molecule has 1 fully saturated rings. The number of nitrogens with zero attached hydrogens (tertiary/aromatic N) is 4. The van der Waals surface area contributed by atoms with Gasteiger partial charge >= 0.3 is 6.18 Å². The van der Waals surface area contributed by atoms with Gasteiger partial charge in [0.2, 0.25) is 15.9 Å². The Bertz CT molecular complexity index is 1810. The number of halogens is 4. The Morgan fingerprint density at radius 2 is 1.67 bits per heavy atom. The number of benzene rings is 3. The van der Waals surface area contributed by atoms with Crippen LogP contribution in [0, 0.1) is 0 Å². The zero-order chi connectivity index (χ0) is 32.2. The minimum atomic E-state index is -4.64. The van der Waals surface area contributed by atoms with E-state index in [4.69, 9.17) is 11.6 Å². The topological polar surface area (TPSA) is 126 Å². The van der Waals surface area contributed by atoms with Crippen molar-refractivity contribution in [3.8, 4) is 5.69 Å². The van der Waals surface area contributed by atoms with Gasteiger partial charge in [-0.05, 0) is 67.4 Å². The van der Waals surface area contributed by atoms with Crippen molar-refractivity contribution in [3.05, 3.63) is 94.8 Å². The second-order valence-electron chi connectivity index (χ2n) is 9.91. The number of nitrogens with one attached hydrogen (secondary N) is 2. The molecule has 0 saturated carbocycles. The lowest BCUT2D eigenvalue weighted by Crippen LogP contribution is -2.28. The first-order valence-electron chi connectivity index (χ1n) is 13.6. The Labute approximate surface area is 266 Å². The summed E-state index contributed by atoms with van der Waals surface area (Å²) in [5.41, 5.74) is -0.573. The van der Waals surface area contributed by atoms with Crippen LogP contribution in [0.25, 0.3) is 5.69 Å². The first-order chi connectivity index (χ1) is 21.4. The Hall–Kier alpha value is -3.92. The van der Waals surface area contributed by atoms with Crippen LogP contribution >= 0.6 is 23.4 Å². The van der Waals surface area contributed by atoms with Crippen LogP contribution in [0.3, 0.4) is 0 Å². The fourth-order valence-electron chi connectivity index (χ4n) is 4.66. The number of carbonyl (C=O) groups excluding carboxylic acids is 2. The predicted molar refractivity (Wildman–Crippen MR) is 163 cm³/mol. The molecule has 236 valence electrons. The van der Waals surface area contributed by atoms with E-state index < -0.39 is 33.6 Å². The number of sulfonamides is 1. The number of thioether (sulfide) groups is 1. The average molecular weight is 679 g/mol. The van der Waals surface area contributed by atoms with Crippen molar-refractivity contribution in [1.29, 1.82) is 0 Å². The SMILES string of the molecule is O=C(CSc1nnc(CNC(=O)c2ccc(S(=O)(=O)N3CCCC3)cc2)n1-c1cccc(Cl)c1)Nc1ccccc1C(F)(F)F. The van der Waals surface area contributed by atoms with Gasteiger partial charge < -0.3 is 10.6 Å². The number of para-hydroxylation sites is 1. The third-order valence-electron chi connectivity index (χ3n) is 6.83. The average Bonchev–Trinajstić information content (AvgIpc) is 3.70. The molecule has 0 spiro atoms. The summed E-state index contributed by atoms with van der Waals surface area (Å²) in [6, 6.07) is 17.0. The highest BCUT2D eigenvalue weighted by molar-refractivity contribution is 7.99. The molecule has 45 heavy (non-hydrogen) atoms. The fourth-order valence-corrected chi connectivity index (χ4v) is 7.13. The van der Waals surface area contributed by atoms with Gasteiger partial charge in [0, 0.05) is 23.7 Å². The van der Waals surface area contributed by atoms with E-state index in [9.17, 15) is 31.2 Å². The molecule has 0 bridgehead atoms. The van der Waals surface area contributed by atoms with Crippen LogP contribution in [0.5, 0.6) is 0 Å². The second kappa shape index (κ2) is 13.6. The van der Waals surface area contributed by atoms with Crippen LogP contribution < -0.4 is 10.6 Å². The molecule has 16 heteroatoms. The Kier molecular flexibility index (Phi) is 9.82. The van der Waals surface area contributed by atoms with Crippen molar-refractivity contribution in [2.75, 3.05) is 24.2 Å². The van der Waals surface area contributed by atoms with Crippen molar-refractivity contribution in [1.82, 2.24) is 24.4 Å². The van der Waals surface area contributed by atoms with Gasteiger partial charge in [-0.15, -0.1) is 10.2 Å². The molecular formula is C29H26ClF3N6O4S2. The van der Waals surface area contributed by atoms with Crippen molar-refractivity contribution in [2.45, 2.75) is 35.6 Å². The molecule has 4 aromatic rings. The molecular weight excluding hydrogens is 653 g/mol. The van der Waals surface area contributed by atoms with Gasteiger partial charge in [-0.1, -0.05) is 41.6 Å². The van der Waals surface area contributed by atoms with Gasteiger partial charge in [-0.3, -0.25) is 14.2 Å². The second-order valence-corrected chi connectivity index (χ2v) is 13.2. The number of amides is 2. The van der Waals surface area contributed by atoms with E-state index in [2.05, 4.69) is 20.8 Å². The van der Waals surface area contributed by atoms with E-state index in [-0.39, 0.29) is 39.4 Å². The van der Waals surface area contributed by atoms with Gasteiger partial charge in [0.25, 0.3) is 5.91 Å². The molecule has 1 aromatic heterocycles. The van der Waals surface area contributed by atoms with Crippen molar-refractivity contribution in [3.63, 3.8) is 0 Å². The highest BCUT2D eigenvalue weighted by Crippen LogP contribution is 2.35. The van der Waals surface area contributed by atoms with Crippen molar-refractivity contribution in [2.24, 2.45) is 0 Å². The van der Waals surface area contributed by atoms with Crippen LogP contribution in [0.1, 0.15) is 34.6 Å². The summed E-state index contributed by atoms with van der Waals surface area (Å²) in [5.74, 6) is -1.19. The van der Waals surface area contributed by atoms with E-state index in [1.807, 2.05) is 0 Å². The number of anilines is 1. The van der Waals surface area contributed by atoms with Gasteiger partial charge in [0.1, 0.15) is 0 Å². The van der Waals surface area contributed by atoms with Gasteiger partial charge in [-0.25, -0.2) is 8.42 Å². The minimum absolute atomic E-state index is 0.0993. The Morgan fingerprint density at radius 1 is 0.956 bits per heavy atom. The van der Waals surface area contributed by atoms with Gasteiger partial charge in [0.15, 0.2) is 11.0 Å². The molecule has 0 radical (unpaired) electrons. The number of rotatable bonds is 10. The largest absolute Gasteiger partial charge is 0.418 e. The lowest BCUT2D eigenvalue weighted by atomic mass is 10.1. The fraction of sp³-hybridized carbons (Fsp3) is 0.241. The normalized spacial score (nSPS) is 14.0. The molecule has 5 rings (SSSR count). The maximum absolute atomic E-state index is 13.3. The first-order valence-corrected chi connectivity index (χ1v) is 16.4. The van der Waals surface area contributed by atoms with E-state index >= 15 is 0 Å². The highest BCUT2D eigenvalue weighted by Gasteiger charge is 2.33. The quantitative estimate of drug-likeness (QED) is 0.216. The van der Waals surface area contributed by atoms with Crippen molar-refractivity contribution < 1.29 is 31.2 Å². The number of alkyl halides is 3. The van der Waals surface area contributed by atoms with E-state index in [1.54, 1.807) is 28.8 Å². The first kappa shape index (κ1) is 32.5.